The highest BCUT2D eigenvalue weighted by Crippen LogP contribution is 2.48. The second-order valence-electron chi connectivity index (χ2n) is 14.7. The number of likely N-dealkylation sites (tertiary alicyclic amines) is 1. The first-order chi connectivity index (χ1) is 26.5. The fourth-order valence-electron chi connectivity index (χ4n) is 8.55. The molecule has 4 aliphatic heterocycles. The summed E-state index contributed by atoms with van der Waals surface area (Å²) in [5.74, 6) is 6.83. The number of pyridine rings is 1. The molecule has 8 rings (SSSR count). The van der Waals surface area contributed by atoms with Crippen LogP contribution in [0.2, 0.25) is 0 Å². The Kier molecular flexibility index (Phi) is 10.4. The summed E-state index contributed by atoms with van der Waals surface area (Å²) in [6.45, 7) is 2.79. The molecule has 4 aromatic rings. The molecule has 276 valence electrons. The molecule has 0 saturated carbocycles. The molecule has 0 aliphatic carbocycles. The van der Waals surface area contributed by atoms with Gasteiger partial charge in [-0.15, -0.1) is 0 Å². The van der Waals surface area contributed by atoms with Gasteiger partial charge in [0.1, 0.15) is 11.8 Å². The fourth-order valence-corrected chi connectivity index (χ4v) is 8.55. The van der Waals surface area contributed by atoms with Crippen LogP contribution in [0.1, 0.15) is 83.6 Å². The summed E-state index contributed by atoms with van der Waals surface area (Å²) in [4.78, 5) is 45.4. The van der Waals surface area contributed by atoms with Gasteiger partial charge in [0.05, 0.1) is 25.8 Å². The Morgan fingerprint density at radius 2 is 1.78 bits per heavy atom. The van der Waals surface area contributed by atoms with E-state index in [4.69, 9.17) is 4.74 Å². The quantitative estimate of drug-likeness (QED) is 0.100. The van der Waals surface area contributed by atoms with Crippen LogP contribution in [0.3, 0.4) is 0 Å². The molecule has 0 bridgehead atoms. The number of ether oxygens (including phenoxy) is 1. The summed E-state index contributed by atoms with van der Waals surface area (Å²) < 4.78 is 6.12. The Morgan fingerprint density at radius 1 is 0.926 bits per heavy atom. The number of aliphatic hydroxyl groups excluding tert-OH is 1. The lowest BCUT2D eigenvalue weighted by Gasteiger charge is -2.39. The van der Waals surface area contributed by atoms with Gasteiger partial charge in [0.2, 0.25) is 11.8 Å². The molecular weight excluding hydrogens is 679 g/mol. The van der Waals surface area contributed by atoms with Gasteiger partial charge in [-0.05, 0) is 109 Å². The molecule has 3 amide bonds. The monoisotopic (exact) mass is 723 g/mol. The third-order valence-electron chi connectivity index (χ3n) is 11.3. The molecular formula is C44H45N5O5. The van der Waals surface area contributed by atoms with Crippen LogP contribution in [0.15, 0.2) is 85.2 Å². The third-order valence-corrected chi connectivity index (χ3v) is 11.3. The van der Waals surface area contributed by atoms with Crippen LogP contribution in [0.25, 0.3) is 11.1 Å². The van der Waals surface area contributed by atoms with Crippen LogP contribution in [0.4, 0.5) is 5.69 Å². The predicted molar refractivity (Wildman–Crippen MR) is 205 cm³/mol. The molecule has 10 nitrogen and oxygen atoms in total. The number of imide groups is 1. The first-order valence-corrected chi connectivity index (χ1v) is 19.1. The number of amides is 3. The molecule has 54 heavy (non-hydrogen) atoms. The SMILES string of the molecule is O=C1CCC(N2Cc3c(OCCCCCC#Cc4cccc(-c5ccc6c(c5)[C@H]5[C@H](CCN5Cc5ccncc5)[C@@H](CO)N6)c4)cccc3C2=O)C(=O)N1. The van der Waals surface area contributed by atoms with Crippen molar-refractivity contribution in [3.05, 3.63) is 113 Å². The minimum absolute atomic E-state index is 0.0401. The molecule has 4 atom stereocenters. The van der Waals surface area contributed by atoms with E-state index in [1.54, 1.807) is 11.0 Å². The van der Waals surface area contributed by atoms with Crippen LogP contribution in [0, 0.1) is 17.8 Å². The number of aromatic nitrogens is 1. The Labute approximate surface area is 315 Å². The van der Waals surface area contributed by atoms with E-state index in [0.717, 1.165) is 73.1 Å². The third kappa shape index (κ3) is 7.34. The van der Waals surface area contributed by atoms with Crippen molar-refractivity contribution in [1.82, 2.24) is 20.1 Å². The summed E-state index contributed by atoms with van der Waals surface area (Å²) in [5.41, 5.74) is 8.27. The van der Waals surface area contributed by atoms with E-state index in [2.05, 4.69) is 87.0 Å². The van der Waals surface area contributed by atoms with E-state index in [1.165, 1.54) is 11.1 Å². The van der Waals surface area contributed by atoms with Crippen LogP contribution >= 0.6 is 0 Å². The number of benzene rings is 3. The maximum Gasteiger partial charge on any atom is 0.255 e. The molecule has 1 unspecified atom stereocenters. The summed E-state index contributed by atoms with van der Waals surface area (Å²) in [6.07, 6.45) is 8.87. The van der Waals surface area contributed by atoms with Gasteiger partial charge >= 0.3 is 0 Å². The van der Waals surface area contributed by atoms with Crippen molar-refractivity contribution in [2.45, 2.75) is 76.2 Å². The maximum atomic E-state index is 13.1. The highest BCUT2D eigenvalue weighted by Gasteiger charge is 2.44. The lowest BCUT2D eigenvalue weighted by atomic mass is 9.82. The number of carbonyl (C=O) groups excluding carboxylic acids is 3. The number of unbranched alkanes of at least 4 members (excludes halogenated alkanes) is 3. The van der Waals surface area contributed by atoms with Gasteiger partial charge in [-0.3, -0.25) is 29.6 Å². The molecule has 2 fully saturated rings. The first-order valence-electron chi connectivity index (χ1n) is 19.1. The first kappa shape index (κ1) is 35.5. The van der Waals surface area contributed by atoms with Crippen molar-refractivity contribution in [2.24, 2.45) is 5.92 Å². The van der Waals surface area contributed by atoms with Crippen LogP contribution in [-0.2, 0) is 22.7 Å². The van der Waals surface area contributed by atoms with Crippen molar-refractivity contribution >= 4 is 23.4 Å². The summed E-state index contributed by atoms with van der Waals surface area (Å²) in [5, 5.41) is 16.2. The second kappa shape index (κ2) is 15.8. The number of carbonyl (C=O) groups is 3. The topological polar surface area (TPSA) is 124 Å². The molecule has 0 radical (unpaired) electrons. The molecule has 5 heterocycles. The standard InChI is InChI=1S/C44H45N5O5/c50-28-38-34-19-22-48(26-30-17-20-45-21-18-30)42(34)35-25-32(13-14-37(35)46-38)31-10-6-9-29(24-31)8-4-2-1-3-5-23-54-40-12-7-11-33-36(40)27-49(44(33)53)39-15-16-41(51)47-43(39)52/h6-7,9-14,17-18,20-21,24-25,34,38-39,42,46,50H,1-3,5,15-16,19,22-23,26-28H2,(H,47,51,52)/t34-,38-,39?,42-/m1/s1. The Bertz CT molecular complexity index is 2110. The van der Waals surface area contributed by atoms with E-state index < -0.39 is 11.9 Å². The molecule has 4 aliphatic rings. The van der Waals surface area contributed by atoms with E-state index >= 15 is 0 Å². The highest BCUT2D eigenvalue weighted by molar-refractivity contribution is 6.05. The van der Waals surface area contributed by atoms with Gasteiger partial charge in [-0.25, -0.2) is 0 Å². The molecule has 3 aromatic carbocycles. The molecule has 1 aromatic heterocycles. The molecule has 10 heteroatoms. The predicted octanol–water partition coefficient (Wildman–Crippen LogP) is 5.85. The Balaban J connectivity index is 0.848. The molecule has 3 N–H and O–H groups in total. The minimum Gasteiger partial charge on any atom is -0.493 e. The zero-order valence-corrected chi connectivity index (χ0v) is 30.3. The number of hydrogen-bond donors (Lipinski definition) is 3. The number of rotatable bonds is 11. The number of nitrogens with one attached hydrogen (secondary N) is 2. The maximum absolute atomic E-state index is 13.1. The normalized spacial score (nSPS) is 21.7. The Morgan fingerprint density at radius 3 is 2.63 bits per heavy atom. The van der Waals surface area contributed by atoms with E-state index in [1.807, 2.05) is 24.5 Å². The lowest BCUT2D eigenvalue weighted by molar-refractivity contribution is -0.136. The van der Waals surface area contributed by atoms with Gasteiger partial charge in [0, 0.05) is 66.1 Å². The van der Waals surface area contributed by atoms with Gasteiger partial charge in [-0.2, -0.15) is 0 Å². The highest BCUT2D eigenvalue weighted by atomic mass is 16.5. The van der Waals surface area contributed by atoms with E-state index in [9.17, 15) is 19.5 Å². The van der Waals surface area contributed by atoms with Gasteiger partial charge in [0.25, 0.3) is 5.91 Å². The average Bonchev–Trinajstić information content (AvgIpc) is 3.77. The van der Waals surface area contributed by atoms with E-state index in [0.29, 0.717) is 36.8 Å². The van der Waals surface area contributed by atoms with Crippen LogP contribution in [0.5, 0.6) is 5.75 Å². The molecule has 0 spiro atoms. The van der Waals surface area contributed by atoms with Gasteiger partial charge in [-0.1, -0.05) is 36.1 Å². The zero-order chi connectivity index (χ0) is 37.0. The summed E-state index contributed by atoms with van der Waals surface area (Å²) in [6, 6.07) is 24.3. The number of piperidine rings is 1. The summed E-state index contributed by atoms with van der Waals surface area (Å²) in [7, 11) is 0. The lowest BCUT2D eigenvalue weighted by Crippen LogP contribution is -2.52. The largest absolute Gasteiger partial charge is 0.493 e. The summed E-state index contributed by atoms with van der Waals surface area (Å²) >= 11 is 0. The number of fused-ring (bicyclic) bond motifs is 4. The zero-order valence-electron chi connectivity index (χ0n) is 30.3. The minimum atomic E-state index is -0.642. The fraction of sp³-hybridized carbons (Fsp3) is 0.364. The van der Waals surface area contributed by atoms with E-state index in [-0.39, 0.29) is 36.9 Å². The van der Waals surface area contributed by atoms with Crippen molar-refractivity contribution in [1.29, 1.82) is 0 Å². The van der Waals surface area contributed by atoms with Crippen molar-refractivity contribution in [3.8, 4) is 28.7 Å². The number of nitrogens with zero attached hydrogens (tertiary/aromatic N) is 3. The smallest absolute Gasteiger partial charge is 0.255 e. The van der Waals surface area contributed by atoms with Crippen molar-refractivity contribution in [2.75, 3.05) is 25.1 Å². The molecule has 2 saturated heterocycles. The Hall–Kier alpha value is -5.50. The van der Waals surface area contributed by atoms with Crippen LogP contribution in [-0.4, -0.2) is 69.5 Å². The average molecular weight is 724 g/mol. The number of anilines is 1. The number of hydrogen-bond acceptors (Lipinski definition) is 8. The van der Waals surface area contributed by atoms with Crippen molar-refractivity contribution in [3.63, 3.8) is 0 Å². The van der Waals surface area contributed by atoms with Crippen molar-refractivity contribution < 1.29 is 24.2 Å². The van der Waals surface area contributed by atoms with Gasteiger partial charge in [0.15, 0.2) is 0 Å². The van der Waals surface area contributed by atoms with Gasteiger partial charge < -0.3 is 20.1 Å². The van der Waals surface area contributed by atoms with Crippen LogP contribution < -0.4 is 15.4 Å². The second-order valence-corrected chi connectivity index (χ2v) is 14.7. The number of aliphatic hydroxyl groups is 1.